The third-order valence-corrected chi connectivity index (χ3v) is 5.99. The van der Waals surface area contributed by atoms with Crippen LogP contribution in [0, 0.1) is 5.92 Å². The fourth-order valence-electron chi connectivity index (χ4n) is 4.36. The minimum absolute atomic E-state index is 0.311. The summed E-state index contributed by atoms with van der Waals surface area (Å²) in [5.41, 5.74) is 1.84. The number of nitrogens with zero attached hydrogens (tertiary/aromatic N) is 1. The first-order valence-corrected chi connectivity index (χ1v) is 9.59. The molecule has 128 valence electrons. The molecular formula is C21H33NO. The molecule has 2 heteroatoms. The van der Waals surface area contributed by atoms with Crippen LogP contribution < -0.4 is 0 Å². The monoisotopic (exact) mass is 315 g/mol. The van der Waals surface area contributed by atoms with Gasteiger partial charge < -0.3 is 9.64 Å². The van der Waals surface area contributed by atoms with E-state index in [1.165, 1.54) is 63.7 Å². The van der Waals surface area contributed by atoms with Gasteiger partial charge in [0.25, 0.3) is 0 Å². The van der Waals surface area contributed by atoms with Crippen molar-refractivity contribution in [2.24, 2.45) is 5.92 Å². The molecular weight excluding hydrogens is 282 g/mol. The maximum absolute atomic E-state index is 6.09. The lowest BCUT2D eigenvalue weighted by atomic mass is 9.68. The SMILES string of the molecule is CC(C)[C@H]1C[C@@](CCN2CCCCC2)(c2ccccc2)CCO1. The Kier molecular flexibility index (Phi) is 5.76. The second-order valence-electron chi connectivity index (χ2n) is 7.91. The molecule has 1 aromatic rings. The van der Waals surface area contributed by atoms with Gasteiger partial charge in [0.15, 0.2) is 0 Å². The molecule has 2 saturated heterocycles. The highest BCUT2D eigenvalue weighted by molar-refractivity contribution is 5.26. The predicted molar refractivity (Wildman–Crippen MR) is 96.8 cm³/mol. The second kappa shape index (κ2) is 7.81. The highest BCUT2D eigenvalue weighted by Crippen LogP contribution is 2.42. The van der Waals surface area contributed by atoms with Crippen LogP contribution in [0.1, 0.15) is 57.9 Å². The van der Waals surface area contributed by atoms with Crippen LogP contribution in [-0.4, -0.2) is 37.2 Å². The molecule has 0 spiro atoms. The fraction of sp³-hybridized carbons (Fsp3) is 0.714. The van der Waals surface area contributed by atoms with Crippen LogP contribution in [0.25, 0.3) is 0 Å². The first kappa shape index (κ1) is 17.0. The van der Waals surface area contributed by atoms with E-state index < -0.39 is 0 Å². The van der Waals surface area contributed by atoms with Crippen molar-refractivity contribution in [1.29, 1.82) is 0 Å². The Morgan fingerprint density at radius 3 is 2.57 bits per heavy atom. The summed E-state index contributed by atoms with van der Waals surface area (Å²) in [5, 5.41) is 0. The molecule has 23 heavy (non-hydrogen) atoms. The van der Waals surface area contributed by atoms with Crippen LogP contribution in [0.5, 0.6) is 0 Å². The maximum Gasteiger partial charge on any atom is 0.0606 e. The predicted octanol–water partition coefficient (Wildman–Crippen LogP) is 4.64. The number of benzene rings is 1. The van der Waals surface area contributed by atoms with E-state index in [9.17, 15) is 0 Å². The molecule has 2 aliphatic heterocycles. The number of rotatable bonds is 5. The van der Waals surface area contributed by atoms with Crippen molar-refractivity contribution in [2.45, 2.75) is 63.9 Å². The van der Waals surface area contributed by atoms with Crippen LogP contribution in [0.4, 0.5) is 0 Å². The van der Waals surface area contributed by atoms with Gasteiger partial charge in [0.1, 0.15) is 0 Å². The molecule has 2 nitrogen and oxygen atoms in total. The van der Waals surface area contributed by atoms with Gasteiger partial charge in [-0.2, -0.15) is 0 Å². The minimum Gasteiger partial charge on any atom is -0.378 e. The minimum atomic E-state index is 0.311. The van der Waals surface area contributed by atoms with E-state index in [0.29, 0.717) is 17.4 Å². The van der Waals surface area contributed by atoms with Crippen LogP contribution in [0.15, 0.2) is 30.3 Å². The highest BCUT2D eigenvalue weighted by atomic mass is 16.5. The lowest BCUT2D eigenvalue weighted by Crippen LogP contribution is -2.43. The van der Waals surface area contributed by atoms with Crippen LogP contribution >= 0.6 is 0 Å². The van der Waals surface area contributed by atoms with Gasteiger partial charge in [-0.1, -0.05) is 50.6 Å². The molecule has 0 aliphatic carbocycles. The highest BCUT2D eigenvalue weighted by Gasteiger charge is 2.39. The van der Waals surface area contributed by atoms with Crippen molar-refractivity contribution in [1.82, 2.24) is 4.90 Å². The third kappa shape index (κ3) is 4.16. The van der Waals surface area contributed by atoms with Crippen LogP contribution in [-0.2, 0) is 10.2 Å². The Hall–Kier alpha value is -0.860. The molecule has 1 aromatic carbocycles. The van der Waals surface area contributed by atoms with Gasteiger partial charge in [-0.15, -0.1) is 0 Å². The van der Waals surface area contributed by atoms with Crippen molar-refractivity contribution in [2.75, 3.05) is 26.2 Å². The number of ether oxygens (including phenoxy) is 1. The number of hydrogen-bond acceptors (Lipinski definition) is 2. The maximum atomic E-state index is 6.09. The summed E-state index contributed by atoms with van der Waals surface area (Å²) in [6, 6.07) is 11.2. The molecule has 2 heterocycles. The Balaban J connectivity index is 1.75. The standard InChI is InChI=1S/C21H33NO/c1-18(2)20-17-21(12-16-23-20,19-9-5-3-6-10-19)11-15-22-13-7-4-8-14-22/h3,5-6,9-10,18,20H,4,7-8,11-17H2,1-2H3/t20-,21+/m1/s1. The average molecular weight is 316 g/mol. The Morgan fingerprint density at radius 2 is 1.87 bits per heavy atom. The zero-order valence-electron chi connectivity index (χ0n) is 15.0. The first-order valence-electron chi connectivity index (χ1n) is 9.59. The first-order chi connectivity index (χ1) is 11.2. The van der Waals surface area contributed by atoms with Gasteiger partial charge in [-0.25, -0.2) is 0 Å². The van der Waals surface area contributed by atoms with E-state index in [1.807, 2.05) is 0 Å². The van der Waals surface area contributed by atoms with Gasteiger partial charge in [-0.05, 0) is 63.2 Å². The molecule has 0 saturated carbocycles. The number of piperidine rings is 1. The van der Waals surface area contributed by atoms with E-state index in [1.54, 1.807) is 0 Å². The largest absolute Gasteiger partial charge is 0.378 e. The molecule has 0 aromatic heterocycles. The zero-order chi connectivity index (χ0) is 16.1. The van der Waals surface area contributed by atoms with Gasteiger partial charge in [0.05, 0.1) is 6.10 Å². The van der Waals surface area contributed by atoms with E-state index >= 15 is 0 Å². The Labute approximate surface area is 142 Å². The molecule has 0 amide bonds. The normalized spacial score (nSPS) is 29.8. The Bertz CT molecular complexity index is 466. The summed E-state index contributed by atoms with van der Waals surface area (Å²) >= 11 is 0. The van der Waals surface area contributed by atoms with E-state index in [4.69, 9.17) is 4.74 Å². The van der Waals surface area contributed by atoms with Crippen molar-refractivity contribution < 1.29 is 4.74 Å². The second-order valence-corrected chi connectivity index (χ2v) is 7.91. The van der Waals surface area contributed by atoms with E-state index in [2.05, 4.69) is 49.1 Å². The fourth-order valence-corrected chi connectivity index (χ4v) is 4.36. The van der Waals surface area contributed by atoms with E-state index in [0.717, 1.165) is 6.61 Å². The summed E-state index contributed by atoms with van der Waals surface area (Å²) in [6.45, 7) is 9.37. The van der Waals surface area contributed by atoms with Crippen LogP contribution in [0.2, 0.25) is 0 Å². The smallest absolute Gasteiger partial charge is 0.0606 e. The van der Waals surface area contributed by atoms with Gasteiger partial charge in [-0.3, -0.25) is 0 Å². The average Bonchev–Trinajstić information content (AvgIpc) is 2.62. The van der Waals surface area contributed by atoms with Gasteiger partial charge in [0, 0.05) is 12.0 Å². The van der Waals surface area contributed by atoms with Crippen molar-refractivity contribution in [3.05, 3.63) is 35.9 Å². The molecule has 0 unspecified atom stereocenters. The molecule has 0 N–H and O–H groups in total. The Morgan fingerprint density at radius 1 is 1.13 bits per heavy atom. The van der Waals surface area contributed by atoms with Crippen molar-refractivity contribution in [3.8, 4) is 0 Å². The summed E-state index contributed by atoms with van der Waals surface area (Å²) < 4.78 is 6.09. The van der Waals surface area contributed by atoms with Gasteiger partial charge in [0.2, 0.25) is 0 Å². The quantitative estimate of drug-likeness (QED) is 0.785. The van der Waals surface area contributed by atoms with Gasteiger partial charge >= 0.3 is 0 Å². The molecule has 2 fully saturated rings. The summed E-state index contributed by atoms with van der Waals surface area (Å²) in [7, 11) is 0. The molecule has 3 rings (SSSR count). The lowest BCUT2D eigenvalue weighted by Gasteiger charge is -2.44. The summed E-state index contributed by atoms with van der Waals surface area (Å²) in [5.74, 6) is 0.605. The lowest BCUT2D eigenvalue weighted by molar-refractivity contribution is -0.0489. The molecule has 0 radical (unpaired) electrons. The summed E-state index contributed by atoms with van der Waals surface area (Å²) in [6.07, 6.45) is 8.24. The summed E-state index contributed by atoms with van der Waals surface area (Å²) in [4.78, 5) is 2.69. The topological polar surface area (TPSA) is 12.5 Å². The van der Waals surface area contributed by atoms with Crippen molar-refractivity contribution in [3.63, 3.8) is 0 Å². The van der Waals surface area contributed by atoms with Crippen LogP contribution in [0.3, 0.4) is 0 Å². The van der Waals surface area contributed by atoms with Crippen molar-refractivity contribution >= 4 is 0 Å². The molecule has 2 atom stereocenters. The zero-order valence-corrected chi connectivity index (χ0v) is 15.0. The number of hydrogen-bond donors (Lipinski definition) is 0. The number of likely N-dealkylation sites (tertiary alicyclic amines) is 1. The molecule has 0 bridgehead atoms. The van der Waals surface area contributed by atoms with E-state index in [-0.39, 0.29) is 0 Å². The third-order valence-electron chi connectivity index (χ3n) is 5.99. The molecule has 2 aliphatic rings.